The highest BCUT2D eigenvalue weighted by molar-refractivity contribution is 6.10. The number of halogens is 3. The van der Waals surface area contributed by atoms with E-state index < -0.39 is 23.2 Å². The number of aromatic carboxylic acids is 1. The highest BCUT2D eigenvalue weighted by Crippen LogP contribution is 2.46. The first-order valence-corrected chi connectivity index (χ1v) is 13.8. The molecule has 4 aromatic carbocycles. The fourth-order valence-electron chi connectivity index (χ4n) is 5.53. The van der Waals surface area contributed by atoms with Gasteiger partial charge in [0, 0.05) is 30.9 Å². The van der Waals surface area contributed by atoms with E-state index in [-0.39, 0.29) is 18.0 Å². The summed E-state index contributed by atoms with van der Waals surface area (Å²) in [6, 6.07) is 27.0. The van der Waals surface area contributed by atoms with Gasteiger partial charge in [-0.2, -0.15) is 13.2 Å². The molecule has 1 amide bonds. The molecular formula is C34H28F3N3O3. The first-order valence-electron chi connectivity index (χ1n) is 13.8. The van der Waals surface area contributed by atoms with Gasteiger partial charge in [-0.25, -0.2) is 4.79 Å². The number of aromatic nitrogens is 1. The zero-order valence-electron chi connectivity index (χ0n) is 23.2. The zero-order valence-corrected chi connectivity index (χ0v) is 23.2. The number of amides is 1. The second-order valence-electron chi connectivity index (χ2n) is 10.8. The molecule has 43 heavy (non-hydrogen) atoms. The predicted molar refractivity (Wildman–Crippen MR) is 159 cm³/mol. The van der Waals surface area contributed by atoms with E-state index in [4.69, 9.17) is 0 Å². The Balaban J connectivity index is 1.38. The minimum atomic E-state index is -4.42. The van der Waals surface area contributed by atoms with Gasteiger partial charge in [-0.3, -0.25) is 4.79 Å². The smallest absolute Gasteiger partial charge is 0.416 e. The molecule has 1 heterocycles. The van der Waals surface area contributed by atoms with Crippen LogP contribution in [0.15, 0.2) is 103 Å². The number of alkyl halides is 3. The van der Waals surface area contributed by atoms with E-state index in [0.29, 0.717) is 16.6 Å². The largest absolute Gasteiger partial charge is 0.478 e. The average Bonchev–Trinajstić information content (AvgIpc) is 3.67. The molecule has 0 unspecified atom stereocenters. The molecule has 218 valence electrons. The maximum Gasteiger partial charge on any atom is 0.416 e. The fraction of sp³-hybridized carbons (Fsp3) is 0.176. The summed E-state index contributed by atoms with van der Waals surface area (Å²) < 4.78 is 41.3. The Morgan fingerprint density at radius 1 is 0.907 bits per heavy atom. The maximum atomic E-state index is 13.9. The Kier molecular flexibility index (Phi) is 6.96. The lowest BCUT2D eigenvalue weighted by Crippen LogP contribution is -2.35. The number of carboxylic acid groups (broad SMARTS) is 1. The molecule has 5 aromatic rings. The van der Waals surface area contributed by atoms with Gasteiger partial charge in [0.25, 0.3) is 5.91 Å². The van der Waals surface area contributed by atoms with Crippen LogP contribution in [0.3, 0.4) is 0 Å². The summed E-state index contributed by atoms with van der Waals surface area (Å²) in [6.45, 7) is 0.266. The van der Waals surface area contributed by atoms with Gasteiger partial charge in [0.15, 0.2) is 0 Å². The third-order valence-corrected chi connectivity index (χ3v) is 8.07. The number of hydrogen-bond donors (Lipinski definition) is 2. The van der Waals surface area contributed by atoms with Gasteiger partial charge < -0.3 is 19.9 Å². The van der Waals surface area contributed by atoms with E-state index >= 15 is 0 Å². The summed E-state index contributed by atoms with van der Waals surface area (Å²) in [4.78, 5) is 27.2. The number of carbonyl (C=O) groups excluding carboxylic acids is 1. The van der Waals surface area contributed by atoms with Crippen LogP contribution in [0.5, 0.6) is 0 Å². The monoisotopic (exact) mass is 583 g/mol. The molecule has 0 saturated heterocycles. The molecule has 1 aliphatic carbocycles. The third kappa shape index (κ3) is 5.46. The molecule has 9 heteroatoms. The Morgan fingerprint density at radius 3 is 2.19 bits per heavy atom. The van der Waals surface area contributed by atoms with Crippen molar-refractivity contribution in [2.75, 3.05) is 11.9 Å². The standard InChI is InChI=1S/C34H28F3N3O3/c1-39(26-5-3-2-4-6-26)29-16-15-28(31(41)38-33(18-19-33)24-13-9-23(10-14-24)32(42)43)30-27(29)17-20-40(30)21-22-7-11-25(12-8-22)34(35,36)37/h2-17,20H,18-19,21H2,1H3,(H,38,41)(H,42,43). The van der Waals surface area contributed by atoms with Crippen LogP contribution >= 0.6 is 0 Å². The van der Waals surface area contributed by atoms with Crippen LogP contribution in [0, 0.1) is 0 Å². The van der Waals surface area contributed by atoms with E-state index in [2.05, 4.69) is 5.32 Å². The molecule has 1 saturated carbocycles. The van der Waals surface area contributed by atoms with Crippen molar-refractivity contribution in [3.63, 3.8) is 0 Å². The minimum Gasteiger partial charge on any atom is -0.478 e. The van der Waals surface area contributed by atoms with Gasteiger partial charge in [0.1, 0.15) is 0 Å². The van der Waals surface area contributed by atoms with E-state index in [1.165, 1.54) is 24.3 Å². The van der Waals surface area contributed by atoms with Crippen molar-refractivity contribution in [3.8, 4) is 0 Å². The Labute approximate surface area is 246 Å². The van der Waals surface area contributed by atoms with Crippen LogP contribution in [0.4, 0.5) is 24.5 Å². The van der Waals surface area contributed by atoms with Crippen LogP contribution in [-0.2, 0) is 18.3 Å². The topological polar surface area (TPSA) is 74.6 Å². The van der Waals surface area contributed by atoms with E-state index in [1.54, 1.807) is 18.2 Å². The molecule has 0 bridgehead atoms. The van der Waals surface area contributed by atoms with E-state index in [0.717, 1.165) is 47.3 Å². The average molecular weight is 584 g/mol. The van der Waals surface area contributed by atoms with Crippen molar-refractivity contribution >= 4 is 34.2 Å². The van der Waals surface area contributed by atoms with Crippen LogP contribution in [0.25, 0.3) is 10.9 Å². The van der Waals surface area contributed by atoms with Crippen LogP contribution in [-0.4, -0.2) is 28.6 Å². The Bertz CT molecular complexity index is 1810. The van der Waals surface area contributed by atoms with E-state index in [9.17, 15) is 27.9 Å². The number of para-hydroxylation sites is 1. The van der Waals surface area contributed by atoms with Crippen molar-refractivity contribution in [2.45, 2.75) is 31.1 Å². The van der Waals surface area contributed by atoms with Crippen LogP contribution in [0.2, 0.25) is 0 Å². The lowest BCUT2D eigenvalue weighted by atomic mass is 10.0. The predicted octanol–water partition coefficient (Wildman–Crippen LogP) is 7.59. The van der Waals surface area contributed by atoms with Crippen LogP contribution < -0.4 is 10.2 Å². The molecule has 1 aliphatic rings. The van der Waals surface area contributed by atoms with Gasteiger partial charge in [-0.15, -0.1) is 0 Å². The molecule has 0 spiro atoms. The summed E-state index contributed by atoms with van der Waals surface area (Å²) in [5, 5.41) is 13.3. The summed E-state index contributed by atoms with van der Waals surface area (Å²) in [7, 11) is 1.94. The zero-order chi connectivity index (χ0) is 30.4. The fourth-order valence-corrected chi connectivity index (χ4v) is 5.53. The lowest BCUT2D eigenvalue weighted by Gasteiger charge is -2.23. The minimum absolute atomic E-state index is 0.173. The third-order valence-electron chi connectivity index (χ3n) is 8.07. The molecular weight excluding hydrogens is 555 g/mol. The number of nitrogens with zero attached hydrogens (tertiary/aromatic N) is 2. The van der Waals surface area contributed by atoms with Gasteiger partial charge in [-0.05, 0) is 78.6 Å². The van der Waals surface area contributed by atoms with Crippen molar-refractivity contribution in [3.05, 3.63) is 131 Å². The quantitative estimate of drug-likeness (QED) is 0.197. The van der Waals surface area contributed by atoms with Crippen molar-refractivity contribution in [2.24, 2.45) is 0 Å². The highest BCUT2D eigenvalue weighted by Gasteiger charge is 2.46. The molecule has 1 fully saturated rings. The second kappa shape index (κ2) is 10.7. The van der Waals surface area contributed by atoms with Crippen molar-refractivity contribution in [1.82, 2.24) is 9.88 Å². The number of fused-ring (bicyclic) bond motifs is 1. The molecule has 2 N–H and O–H groups in total. The Morgan fingerprint density at radius 2 is 1.58 bits per heavy atom. The van der Waals surface area contributed by atoms with Gasteiger partial charge >= 0.3 is 12.1 Å². The molecule has 1 aromatic heterocycles. The molecule has 6 nitrogen and oxygen atoms in total. The molecule has 0 aliphatic heterocycles. The van der Waals surface area contributed by atoms with Crippen molar-refractivity contribution < 1.29 is 27.9 Å². The summed E-state index contributed by atoms with van der Waals surface area (Å²) in [5.41, 5.74) is 3.29. The number of rotatable bonds is 8. The van der Waals surface area contributed by atoms with Gasteiger partial charge in [0.2, 0.25) is 0 Å². The summed E-state index contributed by atoms with van der Waals surface area (Å²) >= 11 is 0. The summed E-state index contributed by atoms with van der Waals surface area (Å²) in [5.74, 6) is -1.30. The second-order valence-corrected chi connectivity index (χ2v) is 10.8. The van der Waals surface area contributed by atoms with Crippen molar-refractivity contribution in [1.29, 1.82) is 0 Å². The van der Waals surface area contributed by atoms with Crippen LogP contribution in [0.1, 0.15) is 50.2 Å². The number of hydrogen-bond acceptors (Lipinski definition) is 3. The summed E-state index contributed by atoms with van der Waals surface area (Å²) in [6.07, 6.45) is -1.14. The highest BCUT2D eigenvalue weighted by atomic mass is 19.4. The normalized spacial score (nSPS) is 14.0. The lowest BCUT2D eigenvalue weighted by molar-refractivity contribution is -0.137. The SMILES string of the molecule is CN(c1ccccc1)c1ccc(C(=O)NC2(c3ccc(C(=O)O)cc3)CC2)c2c1ccn2Cc1ccc(C(F)(F)F)cc1. The van der Waals surface area contributed by atoms with Gasteiger partial charge in [0.05, 0.1) is 33.4 Å². The molecule has 0 atom stereocenters. The maximum absolute atomic E-state index is 13.9. The number of carbonyl (C=O) groups is 2. The Hall–Kier alpha value is -5.05. The molecule has 6 rings (SSSR count). The number of carboxylic acids is 1. The number of benzene rings is 4. The van der Waals surface area contributed by atoms with Gasteiger partial charge in [-0.1, -0.05) is 42.5 Å². The molecule has 0 radical (unpaired) electrons. The number of anilines is 2. The van der Waals surface area contributed by atoms with E-state index in [1.807, 2.05) is 65.2 Å². The number of nitrogens with one attached hydrogen (secondary N) is 1. The first-order chi connectivity index (χ1) is 20.6. The first kappa shape index (κ1) is 28.1.